The minimum atomic E-state index is -0.0888. The summed E-state index contributed by atoms with van der Waals surface area (Å²) in [5.74, 6) is 0.970. The normalized spacial score (nSPS) is 11.7. The first kappa shape index (κ1) is 26.1. The molecule has 0 aliphatic rings. The molecule has 0 aliphatic heterocycles. The molecule has 0 N–H and O–H groups in total. The quantitative estimate of drug-likeness (QED) is 0.415. The van der Waals surface area contributed by atoms with Crippen molar-refractivity contribution in [1.29, 1.82) is 0 Å². The number of hydrogen-bond donors (Lipinski definition) is 0. The molecule has 0 aromatic carbocycles. The van der Waals surface area contributed by atoms with E-state index in [1.807, 2.05) is 0 Å². The lowest BCUT2D eigenvalue weighted by atomic mass is 9.93. The van der Waals surface area contributed by atoms with Crippen LogP contribution in [0.1, 0.15) is 41.5 Å². The van der Waals surface area contributed by atoms with E-state index in [4.69, 9.17) is 4.74 Å². The van der Waals surface area contributed by atoms with Crippen molar-refractivity contribution in [3.8, 4) is 0 Å². The summed E-state index contributed by atoms with van der Waals surface area (Å²) in [7, 11) is 7.93. The molecule has 18 heavy (non-hydrogen) atoms. The van der Waals surface area contributed by atoms with Crippen molar-refractivity contribution < 1.29 is 14.0 Å². The number of rotatable bonds is 6. The molecule has 0 radical (unpaired) electrons. The molecule has 0 spiro atoms. The smallest absolute Gasteiger partial charge is 0.306 e. The monoisotopic (exact) mass is 263 g/mol. The molecular weight excluding hydrogens is 226 g/mol. The van der Waals surface area contributed by atoms with Crippen LogP contribution in [0.15, 0.2) is 0 Å². The molecule has 0 rings (SSSR count). The number of hydrogen-bond acceptors (Lipinski definition) is 2. The van der Waals surface area contributed by atoms with E-state index >= 15 is 0 Å². The predicted molar refractivity (Wildman–Crippen MR) is 82.4 cm³/mol. The van der Waals surface area contributed by atoms with Crippen molar-refractivity contribution in [2.75, 3.05) is 34.8 Å². The summed E-state index contributed by atoms with van der Waals surface area (Å²) >= 11 is 0. The van der Waals surface area contributed by atoms with Crippen LogP contribution >= 0.6 is 0 Å². The number of methoxy groups -OCH3 is 1. The fraction of sp³-hybridized carbons (Fsp3) is 0.867. The van der Waals surface area contributed by atoms with Crippen LogP contribution in [0.2, 0.25) is 0 Å². The molecule has 0 heterocycles. The Labute approximate surface area is 116 Å². The molecular formula is C15H37NO2. The van der Waals surface area contributed by atoms with Crippen LogP contribution in [-0.4, -0.2) is 45.2 Å². The van der Waals surface area contributed by atoms with Crippen LogP contribution in [0.3, 0.4) is 0 Å². The van der Waals surface area contributed by atoms with Crippen molar-refractivity contribution in [2.24, 2.45) is 11.8 Å². The molecule has 0 saturated heterocycles. The molecule has 1 atom stereocenters. The van der Waals surface area contributed by atoms with Crippen LogP contribution in [0, 0.1) is 19.3 Å². The van der Waals surface area contributed by atoms with E-state index in [9.17, 15) is 4.79 Å². The molecule has 0 bridgehead atoms. The topological polar surface area (TPSA) is 26.3 Å². The minimum Gasteiger partial charge on any atom is -0.469 e. The highest BCUT2D eigenvalue weighted by Crippen LogP contribution is 2.18. The fourth-order valence-electron chi connectivity index (χ4n) is 1.98. The molecule has 3 nitrogen and oxygen atoms in total. The highest BCUT2D eigenvalue weighted by Gasteiger charge is 2.22. The number of ether oxygens (including phenoxy) is 1. The molecule has 0 amide bonds. The summed E-state index contributed by atoms with van der Waals surface area (Å²) in [6, 6.07) is 0. The second-order valence-electron chi connectivity index (χ2n) is 5.75. The predicted octanol–water partition coefficient (Wildman–Crippen LogP) is 3.64. The lowest BCUT2D eigenvalue weighted by Crippen LogP contribution is -2.40. The maximum atomic E-state index is 11.3. The number of nitrogens with zero attached hydrogens (tertiary/aromatic N) is 1. The van der Waals surface area contributed by atoms with Crippen molar-refractivity contribution in [2.45, 2.75) is 41.5 Å². The fourth-order valence-corrected chi connectivity index (χ4v) is 1.98. The van der Waals surface area contributed by atoms with Gasteiger partial charge in [0.1, 0.15) is 0 Å². The molecule has 1 unspecified atom stereocenters. The van der Waals surface area contributed by atoms with Gasteiger partial charge in [-0.3, -0.25) is 4.79 Å². The summed E-state index contributed by atoms with van der Waals surface area (Å²) in [6.45, 7) is 5.41. The van der Waals surface area contributed by atoms with Crippen LogP contribution in [0.4, 0.5) is 0 Å². The third kappa shape index (κ3) is 15.4. The SMILES string of the molecule is C.C.COC(=O)CC(CC(C)C)C[N+](C)(C)C.[CH3-]. The average Bonchev–Trinajstić information content (AvgIpc) is 1.99. The summed E-state index contributed by atoms with van der Waals surface area (Å²) < 4.78 is 5.63. The van der Waals surface area contributed by atoms with Gasteiger partial charge in [-0.2, -0.15) is 0 Å². The third-order valence-corrected chi connectivity index (χ3v) is 2.29. The van der Waals surface area contributed by atoms with E-state index in [0.717, 1.165) is 17.4 Å². The van der Waals surface area contributed by atoms with Crippen molar-refractivity contribution >= 4 is 5.97 Å². The van der Waals surface area contributed by atoms with Crippen LogP contribution < -0.4 is 0 Å². The maximum absolute atomic E-state index is 11.3. The number of carbonyl (C=O) groups is 1. The van der Waals surface area contributed by atoms with E-state index in [1.54, 1.807) is 0 Å². The van der Waals surface area contributed by atoms with Gasteiger partial charge in [-0.15, -0.1) is 0 Å². The van der Waals surface area contributed by atoms with Gasteiger partial charge in [-0.25, -0.2) is 0 Å². The number of carbonyl (C=O) groups excluding carboxylic acids is 1. The van der Waals surface area contributed by atoms with E-state index in [-0.39, 0.29) is 28.2 Å². The van der Waals surface area contributed by atoms with Crippen LogP contribution in [0.5, 0.6) is 0 Å². The number of esters is 1. The average molecular weight is 263 g/mol. The zero-order valence-corrected chi connectivity index (χ0v) is 12.0. The molecule has 0 aromatic heterocycles. The van der Waals surface area contributed by atoms with Crippen LogP contribution in [-0.2, 0) is 9.53 Å². The first-order chi connectivity index (χ1) is 6.74. The highest BCUT2D eigenvalue weighted by atomic mass is 16.5. The van der Waals surface area contributed by atoms with E-state index < -0.39 is 0 Å². The summed E-state index contributed by atoms with van der Waals surface area (Å²) in [4.78, 5) is 11.3. The maximum Gasteiger partial charge on any atom is 0.306 e. The van der Waals surface area contributed by atoms with Crippen molar-refractivity contribution in [1.82, 2.24) is 0 Å². The molecule has 3 heteroatoms. The largest absolute Gasteiger partial charge is 0.469 e. The Hall–Kier alpha value is -0.570. The van der Waals surface area contributed by atoms with Gasteiger partial charge < -0.3 is 16.6 Å². The van der Waals surface area contributed by atoms with Gasteiger partial charge in [0.15, 0.2) is 0 Å². The van der Waals surface area contributed by atoms with Crippen LogP contribution in [0.25, 0.3) is 0 Å². The second kappa shape index (κ2) is 11.5. The van der Waals surface area contributed by atoms with E-state index in [1.165, 1.54) is 7.11 Å². The Kier molecular flexibility index (Phi) is 16.7. The van der Waals surface area contributed by atoms with Gasteiger partial charge in [0.25, 0.3) is 0 Å². The minimum absolute atomic E-state index is 0. The highest BCUT2D eigenvalue weighted by molar-refractivity contribution is 5.69. The zero-order chi connectivity index (χ0) is 12.1. The standard InChI is InChI=1S/C12H26NO2.2CH4.CH3/c1-10(2)7-11(8-12(14)15-6)9-13(3,4)5;;;/h10-11H,7-9H2,1-6H3;2*1H4;1H3/q+1;;;-1. The Balaban J connectivity index is -0.000000327. The Morgan fingerprint density at radius 3 is 1.89 bits per heavy atom. The van der Waals surface area contributed by atoms with Gasteiger partial charge in [0.05, 0.1) is 41.2 Å². The lowest BCUT2D eigenvalue weighted by Gasteiger charge is -2.29. The molecule has 0 aliphatic carbocycles. The summed E-state index contributed by atoms with van der Waals surface area (Å²) in [6.07, 6.45) is 1.63. The van der Waals surface area contributed by atoms with Crippen molar-refractivity contribution in [3.05, 3.63) is 7.43 Å². The summed E-state index contributed by atoms with van der Waals surface area (Å²) in [5, 5.41) is 0. The van der Waals surface area contributed by atoms with E-state index in [2.05, 4.69) is 35.0 Å². The second-order valence-corrected chi connectivity index (χ2v) is 5.75. The Morgan fingerprint density at radius 2 is 1.61 bits per heavy atom. The van der Waals surface area contributed by atoms with Gasteiger partial charge in [-0.05, 0) is 12.3 Å². The Bertz CT molecular complexity index is 195. The lowest BCUT2D eigenvalue weighted by molar-refractivity contribution is -0.873. The van der Waals surface area contributed by atoms with E-state index in [0.29, 0.717) is 18.3 Å². The van der Waals surface area contributed by atoms with Gasteiger partial charge in [0.2, 0.25) is 0 Å². The van der Waals surface area contributed by atoms with Gasteiger partial charge in [0, 0.05) is 5.92 Å². The third-order valence-electron chi connectivity index (χ3n) is 2.29. The molecule has 0 aromatic rings. The first-order valence-electron chi connectivity index (χ1n) is 5.62. The summed E-state index contributed by atoms with van der Waals surface area (Å²) in [5.41, 5.74) is 0. The number of quaternary nitrogens is 1. The molecule has 0 fully saturated rings. The van der Waals surface area contributed by atoms with Gasteiger partial charge >= 0.3 is 5.97 Å². The zero-order valence-electron chi connectivity index (χ0n) is 12.0. The molecule has 114 valence electrons. The molecule has 0 saturated carbocycles. The Morgan fingerprint density at radius 1 is 1.17 bits per heavy atom. The van der Waals surface area contributed by atoms with Crippen molar-refractivity contribution in [3.63, 3.8) is 0 Å². The van der Waals surface area contributed by atoms with Gasteiger partial charge in [-0.1, -0.05) is 28.7 Å². The first-order valence-corrected chi connectivity index (χ1v) is 5.62.